The standard InChI is InChI=1S/C12H14Br2O2/c13-10-6-7-11(14)9(8-10)4-2-1-3-5-12(15)16/h6-8H,1-5H2,(H,15,16). The second kappa shape index (κ2) is 7.07. The van der Waals surface area contributed by atoms with Crippen LogP contribution in [0.15, 0.2) is 27.1 Å². The Bertz CT molecular complexity index is 364. The van der Waals surface area contributed by atoms with Crippen LogP contribution in [0.1, 0.15) is 31.2 Å². The maximum absolute atomic E-state index is 10.3. The minimum atomic E-state index is -0.705. The van der Waals surface area contributed by atoms with E-state index >= 15 is 0 Å². The van der Waals surface area contributed by atoms with Crippen molar-refractivity contribution in [1.82, 2.24) is 0 Å². The third kappa shape index (κ3) is 5.12. The average Bonchev–Trinajstić information content (AvgIpc) is 2.22. The van der Waals surface area contributed by atoms with E-state index < -0.39 is 5.97 Å². The lowest BCUT2D eigenvalue weighted by Crippen LogP contribution is -1.94. The topological polar surface area (TPSA) is 37.3 Å². The maximum Gasteiger partial charge on any atom is 0.303 e. The number of carbonyl (C=O) groups is 1. The molecule has 2 nitrogen and oxygen atoms in total. The van der Waals surface area contributed by atoms with E-state index in [1.165, 1.54) is 5.56 Å². The summed E-state index contributed by atoms with van der Waals surface area (Å²) in [4.78, 5) is 10.3. The van der Waals surface area contributed by atoms with Crippen molar-refractivity contribution in [2.45, 2.75) is 32.1 Å². The molecule has 0 heterocycles. The van der Waals surface area contributed by atoms with E-state index in [0.29, 0.717) is 0 Å². The molecule has 0 spiro atoms. The summed E-state index contributed by atoms with van der Waals surface area (Å²) in [5.41, 5.74) is 1.27. The zero-order valence-corrected chi connectivity index (χ0v) is 12.1. The van der Waals surface area contributed by atoms with Crippen LogP contribution in [0.3, 0.4) is 0 Å². The van der Waals surface area contributed by atoms with Gasteiger partial charge in [0.2, 0.25) is 0 Å². The Hall–Kier alpha value is -0.350. The number of aliphatic carboxylic acids is 1. The molecule has 0 atom stereocenters. The summed E-state index contributed by atoms with van der Waals surface area (Å²) in [6.07, 6.45) is 4.02. The lowest BCUT2D eigenvalue weighted by molar-refractivity contribution is -0.137. The molecule has 0 aromatic heterocycles. The van der Waals surface area contributed by atoms with Gasteiger partial charge in [0.15, 0.2) is 0 Å². The van der Waals surface area contributed by atoms with Gasteiger partial charge in [-0.05, 0) is 43.0 Å². The molecule has 0 radical (unpaired) electrons. The summed E-state index contributed by atoms with van der Waals surface area (Å²) in [5, 5.41) is 8.50. The molecule has 0 aliphatic rings. The fourth-order valence-corrected chi connectivity index (χ4v) is 2.36. The second-order valence-electron chi connectivity index (χ2n) is 3.69. The van der Waals surface area contributed by atoms with Crippen molar-refractivity contribution in [1.29, 1.82) is 0 Å². The quantitative estimate of drug-likeness (QED) is 0.773. The number of benzene rings is 1. The van der Waals surface area contributed by atoms with Crippen LogP contribution in [0.4, 0.5) is 0 Å². The van der Waals surface area contributed by atoms with E-state index in [1.807, 2.05) is 12.1 Å². The van der Waals surface area contributed by atoms with Gasteiger partial charge in [-0.1, -0.05) is 38.3 Å². The summed E-state index contributed by atoms with van der Waals surface area (Å²) in [7, 11) is 0. The first-order valence-corrected chi connectivity index (χ1v) is 6.84. The van der Waals surface area contributed by atoms with Crippen LogP contribution in [0.25, 0.3) is 0 Å². The zero-order valence-electron chi connectivity index (χ0n) is 8.88. The second-order valence-corrected chi connectivity index (χ2v) is 5.46. The van der Waals surface area contributed by atoms with Gasteiger partial charge in [-0.3, -0.25) is 4.79 Å². The molecule has 0 aliphatic heterocycles. The smallest absolute Gasteiger partial charge is 0.303 e. The molecule has 0 unspecified atom stereocenters. The molecule has 0 aliphatic carbocycles. The van der Waals surface area contributed by atoms with Gasteiger partial charge in [0.1, 0.15) is 0 Å². The van der Waals surface area contributed by atoms with Crippen molar-refractivity contribution in [3.05, 3.63) is 32.7 Å². The fraction of sp³-hybridized carbons (Fsp3) is 0.417. The van der Waals surface area contributed by atoms with E-state index in [-0.39, 0.29) is 6.42 Å². The molecular formula is C12H14Br2O2. The van der Waals surface area contributed by atoms with Crippen molar-refractivity contribution in [3.63, 3.8) is 0 Å². The monoisotopic (exact) mass is 348 g/mol. The van der Waals surface area contributed by atoms with Crippen molar-refractivity contribution in [3.8, 4) is 0 Å². The molecule has 0 fully saturated rings. The minimum absolute atomic E-state index is 0.277. The molecule has 0 saturated carbocycles. The SMILES string of the molecule is O=C(O)CCCCCc1cc(Br)ccc1Br. The Morgan fingerprint density at radius 1 is 1.19 bits per heavy atom. The maximum atomic E-state index is 10.3. The third-order valence-corrected chi connectivity index (χ3v) is 3.61. The van der Waals surface area contributed by atoms with Gasteiger partial charge in [0, 0.05) is 15.4 Å². The molecule has 88 valence electrons. The van der Waals surface area contributed by atoms with E-state index in [2.05, 4.69) is 37.9 Å². The highest BCUT2D eigenvalue weighted by atomic mass is 79.9. The first-order chi connectivity index (χ1) is 7.59. The van der Waals surface area contributed by atoms with Crippen LogP contribution in [-0.4, -0.2) is 11.1 Å². The summed E-state index contributed by atoms with van der Waals surface area (Å²) in [6.45, 7) is 0. The Morgan fingerprint density at radius 2 is 1.94 bits per heavy atom. The van der Waals surface area contributed by atoms with E-state index in [9.17, 15) is 4.79 Å². The number of halogens is 2. The number of hydrogen-bond acceptors (Lipinski definition) is 1. The van der Waals surface area contributed by atoms with E-state index in [0.717, 1.165) is 34.6 Å². The van der Waals surface area contributed by atoms with Crippen molar-refractivity contribution < 1.29 is 9.90 Å². The van der Waals surface area contributed by atoms with Crippen LogP contribution < -0.4 is 0 Å². The van der Waals surface area contributed by atoms with Gasteiger partial charge in [-0.2, -0.15) is 0 Å². The van der Waals surface area contributed by atoms with Crippen LogP contribution >= 0.6 is 31.9 Å². The number of carboxylic acid groups (broad SMARTS) is 1. The Kier molecular flexibility index (Phi) is 6.06. The number of aryl methyl sites for hydroxylation is 1. The Labute approximate surface area is 112 Å². The summed E-state index contributed by atoms with van der Waals surface area (Å²) >= 11 is 6.95. The van der Waals surface area contributed by atoms with Crippen LogP contribution in [0.5, 0.6) is 0 Å². The lowest BCUT2D eigenvalue weighted by atomic mass is 10.1. The molecule has 0 saturated heterocycles. The first kappa shape index (κ1) is 13.7. The molecule has 1 aromatic rings. The first-order valence-electron chi connectivity index (χ1n) is 5.25. The highest BCUT2D eigenvalue weighted by molar-refractivity contribution is 9.11. The van der Waals surface area contributed by atoms with Gasteiger partial charge in [-0.25, -0.2) is 0 Å². The molecular weight excluding hydrogens is 336 g/mol. The fourth-order valence-electron chi connectivity index (χ4n) is 1.50. The molecule has 1 N–H and O–H groups in total. The van der Waals surface area contributed by atoms with Gasteiger partial charge in [-0.15, -0.1) is 0 Å². The van der Waals surface area contributed by atoms with Gasteiger partial charge in [0.25, 0.3) is 0 Å². The molecule has 1 rings (SSSR count). The van der Waals surface area contributed by atoms with E-state index in [4.69, 9.17) is 5.11 Å². The van der Waals surface area contributed by atoms with Crippen molar-refractivity contribution in [2.75, 3.05) is 0 Å². The molecule has 0 bridgehead atoms. The highest BCUT2D eigenvalue weighted by Gasteiger charge is 2.01. The van der Waals surface area contributed by atoms with Crippen LogP contribution in [-0.2, 0) is 11.2 Å². The molecule has 1 aromatic carbocycles. The Balaban J connectivity index is 2.31. The molecule has 4 heteroatoms. The van der Waals surface area contributed by atoms with Gasteiger partial charge in [0.05, 0.1) is 0 Å². The number of unbranched alkanes of at least 4 members (excludes halogenated alkanes) is 2. The van der Waals surface area contributed by atoms with Gasteiger partial charge < -0.3 is 5.11 Å². The number of rotatable bonds is 6. The minimum Gasteiger partial charge on any atom is -0.481 e. The van der Waals surface area contributed by atoms with Crippen LogP contribution in [0, 0.1) is 0 Å². The predicted octanol–water partition coefficient (Wildman–Crippen LogP) is 4.40. The molecule has 0 amide bonds. The van der Waals surface area contributed by atoms with Crippen molar-refractivity contribution >= 4 is 37.8 Å². The highest BCUT2D eigenvalue weighted by Crippen LogP contribution is 2.23. The third-order valence-electron chi connectivity index (χ3n) is 2.34. The average molecular weight is 350 g/mol. The largest absolute Gasteiger partial charge is 0.481 e. The summed E-state index contributed by atoms with van der Waals surface area (Å²) < 4.78 is 2.20. The normalized spacial score (nSPS) is 10.4. The number of carboxylic acids is 1. The summed E-state index contributed by atoms with van der Waals surface area (Å²) in [6, 6.07) is 6.12. The molecule has 16 heavy (non-hydrogen) atoms. The summed E-state index contributed by atoms with van der Waals surface area (Å²) in [5.74, 6) is -0.705. The van der Waals surface area contributed by atoms with E-state index in [1.54, 1.807) is 0 Å². The predicted molar refractivity (Wildman–Crippen MR) is 71.6 cm³/mol. The zero-order chi connectivity index (χ0) is 12.0. The number of hydrogen-bond donors (Lipinski definition) is 1. The van der Waals surface area contributed by atoms with Crippen LogP contribution in [0.2, 0.25) is 0 Å². The Morgan fingerprint density at radius 3 is 2.62 bits per heavy atom. The van der Waals surface area contributed by atoms with Crippen molar-refractivity contribution in [2.24, 2.45) is 0 Å². The lowest BCUT2D eigenvalue weighted by Gasteiger charge is -2.04. The van der Waals surface area contributed by atoms with Gasteiger partial charge >= 0.3 is 5.97 Å².